The molecule has 3 rings (SSSR count). The highest BCUT2D eigenvalue weighted by atomic mass is 16.1. The van der Waals surface area contributed by atoms with Gasteiger partial charge in [0.25, 0.3) is 0 Å². The summed E-state index contributed by atoms with van der Waals surface area (Å²) in [5, 5.41) is 7.65. The van der Waals surface area contributed by atoms with Crippen molar-refractivity contribution in [1.29, 1.82) is 0 Å². The number of rotatable bonds is 4. The molecule has 0 aliphatic carbocycles. The van der Waals surface area contributed by atoms with Gasteiger partial charge >= 0.3 is 0 Å². The number of fused-ring (bicyclic) bond motifs is 1. The lowest BCUT2D eigenvalue weighted by atomic mass is 9.94. The Kier molecular flexibility index (Phi) is 3.30. The Bertz CT molecular complexity index is 645. The number of nitrogens with zero attached hydrogens (tertiary/aromatic N) is 2. The van der Waals surface area contributed by atoms with Crippen LogP contribution in [-0.2, 0) is 18.3 Å². The lowest BCUT2D eigenvalue weighted by Gasteiger charge is -2.09. The zero-order chi connectivity index (χ0) is 14.1. The van der Waals surface area contributed by atoms with E-state index in [0.29, 0.717) is 18.8 Å². The topological polar surface area (TPSA) is 46.9 Å². The molecule has 1 unspecified atom stereocenters. The van der Waals surface area contributed by atoms with Gasteiger partial charge in [0.15, 0.2) is 0 Å². The molecule has 1 N–H and O–H groups in total. The highest BCUT2D eigenvalue weighted by Gasteiger charge is 2.24. The minimum Gasteiger partial charge on any atom is -0.384 e. The number of ketones is 1. The molecule has 0 bridgehead atoms. The average Bonchev–Trinajstić information content (AvgIpc) is 2.94. The molecule has 20 heavy (non-hydrogen) atoms. The van der Waals surface area contributed by atoms with E-state index >= 15 is 0 Å². The van der Waals surface area contributed by atoms with Crippen molar-refractivity contribution in [2.24, 2.45) is 7.05 Å². The largest absolute Gasteiger partial charge is 0.384 e. The van der Waals surface area contributed by atoms with Crippen LogP contribution in [-0.4, -0.2) is 22.1 Å². The lowest BCUT2D eigenvalue weighted by molar-refractivity contribution is -0.118. The van der Waals surface area contributed by atoms with E-state index in [2.05, 4.69) is 22.5 Å². The molecule has 1 atom stereocenters. The summed E-state index contributed by atoms with van der Waals surface area (Å²) in [5.74, 6) is 0.574. The summed E-state index contributed by atoms with van der Waals surface area (Å²) in [4.78, 5) is 12.3. The molecule has 104 valence electrons. The second kappa shape index (κ2) is 5.12. The number of Topliss-reactive ketones (excluding diaryl/α,β-unsaturated/α-hetero) is 1. The number of anilines is 1. The number of carbonyl (C=O) groups excluding carboxylic acids is 1. The van der Waals surface area contributed by atoms with Crippen molar-refractivity contribution in [3.63, 3.8) is 0 Å². The molecule has 1 aromatic carbocycles. The van der Waals surface area contributed by atoms with E-state index in [1.54, 1.807) is 4.68 Å². The van der Waals surface area contributed by atoms with Crippen LogP contribution >= 0.6 is 0 Å². The Balaban J connectivity index is 1.67. The van der Waals surface area contributed by atoms with Gasteiger partial charge in [-0.15, -0.1) is 0 Å². The van der Waals surface area contributed by atoms with Crippen molar-refractivity contribution in [2.45, 2.75) is 25.7 Å². The minimum absolute atomic E-state index is 0.275. The molecule has 1 aromatic heterocycles. The van der Waals surface area contributed by atoms with Crippen molar-refractivity contribution in [3.05, 3.63) is 47.3 Å². The molecule has 1 aliphatic rings. The van der Waals surface area contributed by atoms with E-state index in [4.69, 9.17) is 0 Å². The van der Waals surface area contributed by atoms with Crippen LogP contribution in [0.5, 0.6) is 0 Å². The fraction of sp³-hybridized carbons (Fsp3) is 0.375. The number of nitrogens with one attached hydrogen (secondary N) is 1. The molecular weight excluding hydrogens is 250 g/mol. The molecule has 0 saturated heterocycles. The maximum absolute atomic E-state index is 12.3. The predicted molar refractivity (Wildman–Crippen MR) is 78.9 cm³/mol. The molecule has 0 radical (unpaired) electrons. The fourth-order valence-corrected chi connectivity index (χ4v) is 2.92. The molecule has 2 aromatic rings. The number of hydrogen-bond acceptors (Lipinski definition) is 3. The van der Waals surface area contributed by atoms with Crippen molar-refractivity contribution in [3.8, 4) is 0 Å². The summed E-state index contributed by atoms with van der Waals surface area (Å²) in [6.45, 7) is 2.81. The Morgan fingerprint density at radius 2 is 2.25 bits per heavy atom. The first-order chi connectivity index (χ1) is 9.63. The Morgan fingerprint density at radius 1 is 1.45 bits per heavy atom. The Hall–Kier alpha value is -2.10. The number of carbonyl (C=O) groups is 1. The molecular formula is C16H19N3O. The third kappa shape index (κ3) is 2.46. The van der Waals surface area contributed by atoms with Crippen LogP contribution in [0.15, 0.2) is 30.3 Å². The van der Waals surface area contributed by atoms with Gasteiger partial charge in [-0.25, -0.2) is 0 Å². The summed E-state index contributed by atoms with van der Waals surface area (Å²) >= 11 is 0. The number of hydrogen-bond donors (Lipinski definition) is 1. The standard InChI is InChI=1S/C16H19N3O/c1-11-7-13(19(2)18-11)9-14(20)8-12-10-17-16-6-4-3-5-15(12)16/h3-7,12,17H,8-10H2,1-2H3. The molecule has 0 spiro atoms. The van der Waals surface area contributed by atoms with Gasteiger partial charge in [0.2, 0.25) is 0 Å². The molecule has 1 aliphatic heterocycles. The summed E-state index contributed by atoms with van der Waals surface area (Å²) in [6, 6.07) is 10.2. The van der Waals surface area contributed by atoms with Gasteiger partial charge in [-0.2, -0.15) is 5.10 Å². The van der Waals surface area contributed by atoms with Gasteiger partial charge in [0, 0.05) is 43.7 Å². The van der Waals surface area contributed by atoms with Gasteiger partial charge < -0.3 is 5.32 Å². The van der Waals surface area contributed by atoms with E-state index in [1.165, 1.54) is 11.3 Å². The summed E-state index contributed by atoms with van der Waals surface area (Å²) in [7, 11) is 1.89. The zero-order valence-electron chi connectivity index (χ0n) is 11.9. The van der Waals surface area contributed by atoms with Gasteiger partial charge in [0.1, 0.15) is 5.78 Å². The number of para-hydroxylation sites is 1. The van der Waals surface area contributed by atoms with Crippen molar-refractivity contribution >= 4 is 11.5 Å². The SMILES string of the molecule is Cc1cc(CC(=O)CC2CNc3ccccc32)n(C)n1. The monoisotopic (exact) mass is 269 g/mol. The zero-order valence-corrected chi connectivity index (χ0v) is 11.9. The van der Waals surface area contributed by atoms with Crippen LogP contribution in [0.3, 0.4) is 0 Å². The maximum Gasteiger partial charge on any atom is 0.139 e. The van der Waals surface area contributed by atoms with Gasteiger partial charge in [-0.1, -0.05) is 18.2 Å². The normalized spacial score (nSPS) is 16.8. The van der Waals surface area contributed by atoms with Gasteiger partial charge in [-0.05, 0) is 24.6 Å². The number of benzene rings is 1. The summed E-state index contributed by atoms with van der Waals surface area (Å²) < 4.78 is 1.80. The molecule has 0 saturated carbocycles. The van der Waals surface area contributed by atoms with E-state index in [-0.39, 0.29) is 5.78 Å². The third-order valence-corrected chi connectivity index (χ3v) is 3.89. The van der Waals surface area contributed by atoms with Crippen molar-refractivity contribution in [1.82, 2.24) is 9.78 Å². The fourth-order valence-electron chi connectivity index (χ4n) is 2.92. The number of aromatic nitrogens is 2. The van der Waals surface area contributed by atoms with Gasteiger partial charge in [0.05, 0.1) is 5.69 Å². The van der Waals surface area contributed by atoms with Crippen LogP contribution in [0.25, 0.3) is 0 Å². The Morgan fingerprint density at radius 3 is 3.00 bits per heavy atom. The predicted octanol–water partition coefficient (Wildman–Crippen LogP) is 2.44. The highest BCUT2D eigenvalue weighted by Crippen LogP contribution is 2.33. The second-order valence-corrected chi connectivity index (χ2v) is 5.49. The molecule has 2 heterocycles. The lowest BCUT2D eigenvalue weighted by Crippen LogP contribution is -2.13. The number of aryl methyl sites for hydroxylation is 2. The summed E-state index contributed by atoms with van der Waals surface area (Å²) in [6.07, 6.45) is 1.06. The smallest absolute Gasteiger partial charge is 0.139 e. The van der Waals surface area contributed by atoms with Crippen LogP contribution in [0.1, 0.15) is 29.3 Å². The van der Waals surface area contributed by atoms with E-state index < -0.39 is 0 Å². The highest BCUT2D eigenvalue weighted by molar-refractivity contribution is 5.82. The Labute approximate surface area is 118 Å². The van der Waals surface area contributed by atoms with Crippen LogP contribution < -0.4 is 5.32 Å². The molecule has 4 nitrogen and oxygen atoms in total. The van der Waals surface area contributed by atoms with Gasteiger partial charge in [-0.3, -0.25) is 9.48 Å². The minimum atomic E-state index is 0.275. The average molecular weight is 269 g/mol. The maximum atomic E-state index is 12.3. The van der Waals surface area contributed by atoms with E-state index in [0.717, 1.165) is 17.9 Å². The van der Waals surface area contributed by atoms with E-state index in [1.807, 2.05) is 32.2 Å². The van der Waals surface area contributed by atoms with Crippen LogP contribution in [0.2, 0.25) is 0 Å². The first kappa shape index (κ1) is 12.9. The second-order valence-electron chi connectivity index (χ2n) is 5.49. The molecule has 4 heteroatoms. The van der Waals surface area contributed by atoms with Crippen molar-refractivity contribution < 1.29 is 4.79 Å². The summed E-state index contributed by atoms with van der Waals surface area (Å²) in [5.41, 5.74) is 4.39. The first-order valence-electron chi connectivity index (χ1n) is 6.97. The first-order valence-corrected chi connectivity index (χ1v) is 6.97. The van der Waals surface area contributed by atoms with E-state index in [9.17, 15) is 4.79 Å². The third-order valence-electron chi connectivity index (χ3n) is 3.89. The van der Waals surface area contributed by atoms with Crippen LogP contribution in [0.4, 0.5) is 5.69 Å². The van der Waals surface area contributed by atoms with Crippen LogP contribution in [0, 0.1) is 6.92 Å². The molecule has 0 fully saturated rings. The molecule has 0 amide bonds. The quantitative estimate of drug-likeness (QED) is 0.927. The van der Waals surface area contributed by atoms with Crippen molar-refractivity contribution in [2.75, 3.05) is 11.9 Å².